The first-order valence-electron chi connectivity index (χ1n) is 15.1. The Bertz CT molecular complexity index is 1500. The Morgan fingerprint density at radius 2 is 1.91 bits per heavy atom. The summed E-state index contributed by atoms with van der Waals surface area (Å²) in [6, 6.07) is 6.39. The second-order valence-electron chi connectivity index (χ2n) is 12.5. The molecular formula is C29H45N7O5S2Si. The van der Waals surface area contributed by atoms with Crippen molar-refractivity contribution in [2.75, 3.05) is 18.5 Å². The normalized spacial score (nSPS) is 17.5. The van der Waals surface area contributed by atoms with Crippen molar-refractivity contribution in [2.24, 2.45) is 0 Å². The van der Waals surface area contributed by atoms with E-state index in [1.165, 1.54) is 16.1 Å². The van der Waals surface area contributed by atoms with Crippen LogP contribution in [0.4, 0.5) is 16.3 Å². The van der Waals surface area contributed by atoms with Gasteiger partial charge in [0.15, 0.2) is 12.5 Å². The zero-order valence-corrected chi connectivity index (χ0v) is 29.1. The van der Waals surface area contributed by atoms with Crippen molar-refractivity contribution in [2.45, 2.75) is 102 Å². The van der Waals surface area contributed by atoms with E-state index in [4.69, 9.17) is 14.5 Å². The minimum atomic E-state index is -3.79. The van der Waals surface area contributed by atoms with E-state index in [0.29, 0.717) is 23.7 Å². The maximum atomic E-state index is 13.3. The molecule has 0 spiro atoms. The number of anilines is 2. The average molecular weight is 664 g/mol. The molecule has 1 aliphatic carbocycles. The topological polar surface area (TPSA) is 149 Å². The van der Waals surface area contributed by atoms with Crippen molar-refractivity contribution >= 4 is 47.0 Å². The van der Waals surface area contributed by atoms with Crippen LogP contribution in [0.2, 0.25) is 25.7 Å². The van der Waals surface area contributed by atoms with Crippen molar-refractivity contribution in [3.8, 4) is 10.4 Å². The number of carbonyl (C=O) groups is 1. The quantitative estimate of drug-likeness (QED) is 0.141. The summed E-state index contributed by atoms with van der Waals surface area (Å²) in [6.07, 6.45) is 6.25. The molecule has 242 valence electrons. The molecular weight excluding hydrogens is 619 g/mol. The monoisotopic (exact) mass is 663 g/mol. The number of rotatable bonds is 14. The van der Waals surface area contributed by atoms with Gasteiger partial charge in [-0.1, -0.05) is 32.6 Å². The van der Waals surface area contributed by atoms with E-state index in [-0.39, 0.29) is 42.3 Å². The molecule has 0 aliphatic heterocycles. The maximum Gasteiger partial charge on any atom is 0.407 e. The zero-order valence-electron chi connectivity index (χ0n) is 26.4. The lowest BCUT2D eigenvalue weighted by Crippen LogP contribution is -2.38. The number of aromatic nitrogens is 4. The van der Waals surface area contributed by atoms with Gasteiger partial charge in [0.05, 0.1) is 27.1 Å². The van der Waals surface area contributed by atoms with Gasteiger partial charge < -0.3 is 20.1 Å². The van der Waals surface area contributed by atoms with Crippen LogP contribution in [0.15, 0.2) is 35.5 Å². The number of ether oxygens (including phenoxy) is 2. The number of carbonyl (C=O) groups excluding carboxylic acids is 1. The second kappa shape index (κ2) is 15.0. The minimum absolute atomic E-state index is 0.0814. The molecule has 12 nitrogen and oxygen atoms in total. The number of nitrogens with zero attached hydrogens (tertiary/aromatic N) is 4. The summed E-state index contributed by atoms with van der Waals surface area (Å²) in [4.78, 5) is 19.1. The number of alkyl carbamates (subject to hydrolysis) is 1. The molecule has 1 aliphatic rings. The summed E-state index contributed by atoms with van der Waals surface area (Å²) in [5, 5.41) is 15.8. The van der Waals surface area contributed by atoms with E-state index in [9.17, 15) is 13.2 Å². The van der Waals surface area contributed by atoms with Gasteiger partial charge in [0.25, 0.3) is 0 Å². The number of hydrogen-bond donors (Lipinski definition) is 3. The number of thiazole rings is 1. The van der Waals surface area contributed by atoms with Crippen LogP contribution in [0, 0.1) is 0 Å². The first-order valence-corrected chi connectivity index (χ1v) is 21.2. The van der Waals surface area contributed by atoms with Crippen LogP contribution in [0.5, 0.6) is 0 Å². The Balaban J connectivity index is 1.45. The van der Waals surface area contributed by atoms with E-state index >= 15 is 0 Å². The summed E-state index contributed by atoms with van der Waals surface area (Å²) >= 11 is 1.52. The van der Waals surface area contributed by atoms with Crippen molar-refractivity contribution < 1.29 is 22.7 Å². The summed E-state index contributed by atoms with van der Waals surface area (Å²) in [7, 11) is -4.97. The highest BCUT2D eigenvalue weighted by molar-refractivity contribution is 7.89. The van der Waals surface area contributed by atoms with E-state index in [1.54, 1.807) is 31.5 Å². The lowest BCUT2D eigenvalue weighted by molar-refractivity contribution is 0.0687. The highest BCUT2D eigenvalue weighted by Gasteiger charge is 2.27. The van der Waals surface area contributed by atoms with Crippen LogP contribution in [0.1, 0.15) is 57.4 Å². The lowest BCUT2D eigenvalue weighted by atomic mass is 9.86. The molecule has 1 saturated carbocycles. The Labute approximate surface area is 265 Å². The van der Waals surface area contributed by atoms with Crippen molar-refractivity contribution in [3.63, 3.8) is 0 Å². The predicted octanol–water partition coefficient (Wildman–Crippen LogP) is 5.92. The molecule has 3 N–H and O–H groups in total. The molecule has 4 rings (SSSR count). The molecule has 0 saturated heterocycles. The van der Waals surface area contributed by atoms with Gasteiger partial charge in [-0.05, 0) is 57.7 Å². The van der Waals surface area contributed by atoms with Gasteiger partial charge >= 0.3 is 6.09 Å². The number of amides is 1. The number of sulfonamides is 1. The molecule has 0 atom stereocenters. The predicted molar refractivity (Wildman–Crippen MR) is 176 cm³/mol. The van der Waals surface area contributed by atoms with Crippen LogP contribution >= 0.6 is 11.3 Å². The van der Waals surface area contributed by atoms with Crippen molar-refractivity contribution in [1.29, 1.82) is 0 Å². The summed E-state index contributed by atoms with van der Waals surface area (Å²) in [5.41, 5.74) is 1.16. The van der Waals surface area contributed by atoms with Gasteiger partial charge in [0, 0.05) is 50.6 Å². The summed E-state index contributed by atoms with van der Waals surface area (Å²) < 4.78 is 40.2. The van der Waals surface area contributed by atoms with Gasteiger partial charge in [-0.25, -0.2) is 22.9 Å². The summed E-state index contributed by atoms with van der Waals surface area (Å²) in [5.74, 6) is 0.741. The van der Waals surface area contributed by atoms with E-state index in [0.717, 1.165) is 41.6 Å². The van der Waals surface area contributed by atoms with E-state index in [1.807, 2.05) is 19.9 Å². The molecule has 1 aromatic carbocycles. The molecule has 0 radical (unpaired) electrons. The third-order valence-electron chi connectivity index (χ3n) is 7.15. The molecule has 15 heteroatoms. The molecule has 0 unspecified atom stereocenters. The standard InChI is InChI=1S/C29H45N7O5S2Si/c1-7-32-43(38,39)26-16-23(33-27-18-31-36(35-27)19-40-14-15-44(4,5)6)12-13-24(26)25-17-30-28(42-25)21-8-10-22(11-9-21)34-29(37)41-20(2)3/h12-13,16-18,20-22,32H,7-11,14-15,19H2,1-6H3,(H,33,35)(H,34,37)/t21-,22-. The second-order valence-corrected chi connectivity index (χ2v) is 20.9. The van der Waals surface area contributed by atoms with Gasteiger partial charge in [-0.15, -0.1) is 16.4 Å². The maximum absolute atomic E-state index is 13.3. The largest absolute Gasteiger partial charge is 0.447 e. The SMILES string of the molecule is CCNS(=O)(=O)c1cc(Nc2cnn(COCC[Si](C)(C)C)n2)ccc1-c1cnc([C@H]2CC[C@H](NC(=O)OC(C)C)CC2)s1. The Kier molecular flexibility index (Phi) is 11.6. The average Bonchev–Trinajstić information content (AvgIpc) is 3.61. The fourth-order valence-electron chi connectivity index (χ4n) is 4.88. The molecule has 44 heavy (non-hydrogen) atoms. The number of nitrogens with one attached hydrogen (secondary N) is 3. The third-order valence-corrected chi connectivity index (χ3v) is 11.6. The van der Waals surface area contributed by atoms with Gasteiger partial charge in [-0.2, -0.15) is 9.90 Å². The first kappa shape index (κ1) is 34.0. The highest BCUT2D eigenvalue weighted by Crippen LogP contribution is 2.40. The molecule has 1 fully saturated rings. The number of hydrogen-bond acceptors (Lipinski definition) is 10. The first-order chi connectivity index (χ1) is 20.8. The van der Waals surface area contributed by atoms with Gasteiger partial charge in [0.1, 0.15) is 0 Å². The Hall–Kier alpha value is -2.85. The van der Waals surface area contributed by atoms with Crippen molar-refractivity contribution in [1.82, 2.24) is 30.0 Å². The summed E-state index contributed by atoms with van der Waals surface area (Å²) in [6.45, 7) is 13.5. The smallest absolute Gasteiger partial charge is 0.407 e. The van der Waals surface area contributed by atoms with Crippen LogP contribution < -0.4 is 15.4 Å². The molecule has 2 aromatic heterocycles. The van der Waals surface area contributed by atoms with Gasteiger partial charge in [0.2, 0.25) is 10.0 Å². The van der Waals surface area contributed by atoms with Crippen LogP contribution in [0.25, 0.3) is 10.4 Å². The highest BCUT2D eigenvalue weighted by atomic mass is 32.2. The van der Waals surface area contributed by atoms with Crippen LogP contribution in [0.3, 0.4) is 0 Å². The van der Waals surface area contributed by atoms with E-state index < -0.39 is 18.1 Å². The molecule has 3 aromatic rings. The Morgan fingerprint density at radius 3 is 2.59 bits per heavy atom. The van der Waals surface area contributed by atoms with Crippen LogP contribution in [-0.2, 0) is 26.2 Å². The fraction of sp³-hybridized carbons (Fsp3) is 0.586. The minimum Gasteiger partial charge on any atom is -0.447 e. The van der Waals surface area contributed by atoms with Crippen molar-refractivity contribution in [3.05, 3.63) is 35.6 Å². The Morgan fingerprint density at radius 1 is 1.16 bits per heavy atom. The third kappa shape index (κ3) is 9.82. The number of benzene rings is 1. The van der Waals surface area contributed by atoms with Gasteiger partial charge in [-0.3, -0.25) is 0 Å². The molecule has 1 amide bonds. The van der Waals surface area contributed by atoms with Crippen LogP contribution in [-0.4, -0.2) is 67.9 Å². The lowest BCUT2D eigenvalue weighted by Gasteiger charge is -2.28. The van der Waals surface area contributed by atoms with E-state index in [2.05, 4.69) is 45.2 Å². The fourth-order valence-corrected chi connectivity index (χ4v) is 8.12. The molecule has 2 heterocycles. The zero-order chi connectivity index (χ0) is 31.9. The molecule has 0 bridgehead atoms.